The van der Waals surface area contributed by atoms with Crippen LogP contribution in [-0.4, -0.2) is 18.6 Å². The van der Waals surface area contributed by atoms with E-state index < -0.39 is 0 Å². The van der Waals surface area contributed by atoms with Crippen LogP contribution < -0.4 is 11.1 Å². The minimum atomic E-state index is 0.542. The van der Waals surface area contributed by atoms with Gasteiger partial charge in [-0.05, 0) is 37.0 Å². The van der Waals surface area contributed by atoms with Crippen molar-refractivity contribution in [2.75, 3.05) is 29.6 Å². The summed E-state index contributed by atoms with van der Waals surface area (Å²) in [5.41, 5.74) is 7.86. The normalized spacial score (nSPS) is 10.0. The highest BCUT2D eigenvalue weighted by Gasteiger charge is 2.02. The summed E-state index contributed by atoms with van der Waals surface area (Å²) < 4.78 is 0. The van der Waals surface area contributed by atoms with Gasteiger partial charge in [0.25, 0.3) is 0 Å². The van der Waals surface area contributed by atoms with Crippen LogP contribution in [0.4, 0.5) is 11.4 Å². The summed E-state index contributed by atoms with van der Waals surface area (Å²) in [5.74, 6) is 1.25. The van der Waals surface area contributed by atoms with Crippen LogP contribution >= 0.6 is 11.8 Å². The summed E-state index contributed by atoms with van der Waals surface area (Å²) in [6, 6.07) is 7.61. The molecule has 3 N–H and O–H groups in total. The van der Waals surface area contributed by atoms with Gasteiger partial charge in [0.2, 0.25) is 0 Å². The molecule has 18 heavy (non-hydrogen) atoms. The molecule has 0 aliphatic heterocycles. The number of nitrogens with one attached hydrogen (secondary N) is 1. The van der Waals surface area contributed by atoms with Gasteiger partial charge < -0.3 is 11.1 Å². The molecule has 0 saturated carbocycles. The molecule has 1 rings (SSSR count). The average molecular weight is 263 g/mol. The predicted octanol–water partition coefficient (Wildman–Crippen LogP) is 3.48. The van der Waals surface area contributed by atoms with Gasteiger partial charge in [-0.3, -0.25) is 0 Å². The maximum absolute atomic E-state index is 8.88. The Kier molecular flexibility index (Phi) is 7.12. The van der Waals surface area contributed by atoms with E-state index >= 15 is 0 Å². The first-order valence-electron chi connectivity index (χ1n) is 6.31. The molecular formula is C14H21N3S. The standard InChI is InChI=1S/C14H21N3S/c1-18-10-5-3-2-4-9-17-13-8-6-7-12(11-15)14(13)16/h6-8,17H,2-5,9-10,16H2,1H3. The van der Waals surface area contributed by atoms with E-state index in [0.717, 1.165) is 18.7 Å². The molecule has 0 fully saturated rings. The minimum Gasteiger partial charge on any atom is -0.396 e. The molecule has 3 nitrogen and oxygen atoms in total. The monoisotopic (exact) mass is 263 g/mol. The van der Waals surface area contributed by atoms with Crippen LogP contribution in [0, 0.1) is 11.3 Å². The van der Waals surface area contributed by atoms with Gasteiger partial charge in [-0.25, -0.2) is 0 Å². The highest BCUT2D eigenvalue weighted by molar-refractivity contribution is 7.98. The zero-order valence-electron chi connectivity index (χ0n) is 10.9. The Morgan fingerprint density at radius 2 is 2.06 bits per heavy atom. The molecule has 1 aromatic carbocycles. The van der Waals surface area contributed by atoms with Crippen molar-refractivity contribution in [1.29, 1.82) is 5.26 Å². The Labute approximate surface area is 114 Å². The summed E-state index contributed by atoms with van der Waals surface area (Å²) >= 11 is 1.91. The quantitative estimate of drug-likeness (QED) is 0.557. The van der Waals surface area contributed by atoms with E-state index in [0.29, 0.717) is 11.3 Å². The number of nitrogens with two attached hydrogens (primary N) is 1. The molecular weight excluding hydrogens is 242 g/mol. The number of hydrogen-bond acceptors (Lipinski definition) is 4. The average Bonchev–Trinajstić information content (AvgIpc) is 2.39. The van der Waals surface area contributed by atoms with Crippen LogP contribution in [0.2, 0.25) is 0 Å². The van der Waals surface area contributed by atoms with Crippen molar-refractivity contribution in [2.24, 2.45) is 0 Å². The van der Waals surface area contributed by atoms with Crippen LogP contribution in [0.15, 0.2) is 18.2 Å². The third kappa shape index (κ3) is 4.89. The highest BCUT2D eigenvalue weighted by atomic mass is 32.2. The Morgan fingerprint density at radius 3 is 2.78 bits per heavy atom. The Balaban J connectivity index is 2.26. The van der Waals surface area contributed by atoms with Gasteiger partial charge in [0.15, 0.2) is 0 Å². The lowest BCUT2D eigenvalue weighted by molar-refractivity contribution is 0.689. The number of anilines is 2. The van der Waals surface area contributed by atoms with E-state index in [-0.39, 0.29) is 0 Å². The lowest BCUT2D eigenvalue weighted by atomic mass is 10.1. The van der Waals surface area contributed by atoms with Gasteiger partial charge in [-0.2, -0.15) is 17.0 Å². The zero-order chi connectivity index (χ0) is 13.2. The van der Waals surface area contributed by atoms with E-state index in [4.69, 9.17) is 11.0 Å². The third-order valence-corrected chi connectivity index (χ3v) is 3.51. The maximum Gasteiger partial charge on any atom is 0.101 e. The SMILES string of the molecule is CSCCCCCCNc1cccc(C#N)c1N. The van der Waals surface area contributed by atoms with E-state index in [1.807, 2.05) is 23.9 Å². The van der Waals surface area contributed by atoms with Crippen LogP contribution in [0.1, 0.15) is 31.2 Å². The van der Waals surface area contributed by atoms with Gasteiger partial charge in [-0.15, -0.1) is 0 Å². The second kappa shape index (κ2) is 8.71. The maximum atomic E-state index is 8.88. The first-order valence-corrected chi connectivity index (χ1v) is 7.70. The molecule has 0 atom stereocenters. The number of rotatable bonds is 8. The Bertz CT molecular complexity index is 399. The molecule has 0 heterocycles. The molecule has 1 aromatic rings. The molecule has 0 radical (unpaired) electrons. The summed E-state index contributed by atoms with van der Waals surface area (Å²) in [6.07, 6.45) is 7.12. The lowest BCUT2D eigenvalue weighted by Crippen LogP contribution is -2.05. The van der Waals surface area contributed by atoms with Gasteiger partial charge >= 0.3 is 0 Å². The van der Waals surface area contributed by atoms with Gasteiger partial charge in [0.05, 0.1) is 16.9 Å². The Hall–Kier alpha value is -1.34. The summed E-state index contributed by atoms with van der Waals surface area (Å²) in [5, 5.41) is 12.2. The number of para-hydroxylation sites is 1. The molecule has 0 aromatic heterocycles. The summed E-state index contributed by atoms with van der Waals surface area (Å²) in [4.78, 5) is 0. The molecule has 0 saturated heterocycles. The highest BCUT2D eigenvalue weighted by Crippen LogP contribution is 2.21. The fourth-order valence-corrected chi connectivity index (χ4v) is 2.26. The van der Waals surface area contributed by atoms with Crippen molar-refractivity contribution in [3.05, 3.63) is 23.8 Å². The van der Waals surface area contributed by atoms with Crippen molar-refractivity contribution in [1.82, 2.24) is 0 Å². The first-order chi connectivity index (χ1) is 8.79. The second-order valence-electron chi connectivity index (χ2n) is 4.21. The van der Waals surface area contributed by atoms with E-state index in [1.165, 1.54) is 25.0 Å². The van der Waals surface area contributed by atoms with Crippen molar-refractivity contribution in [2.45, 2.75) is 25.7 Å². The van der Waals surface area contributed by atoms with Crippen molar-refractivity contribution in [3.8, 4) is 6.07 Å². The van der Waals surface area contributed by atoms with E-state index in [9.17, 15) is 0 Å². The smallest absolute Gasteiger partial charge is 0.101 e. The fraction of sp³-hybridized carbons (Fsp3) is 0.500. The van der Waals surface area contributed by atoms with Crippen LogP contribution in [0.5, 0.6) is 0 Å². The largest absolute Gasteiger partial charge is 0.396 e. The summed E-state index contributed by atoms with van der Waals surface area (Å²) in [6.45, 7) is 0.915. The number of hydrogen-bond donors (Lipinski definition) is 2. The second-order valence-corrected chi connectivity index (χ2v) is 5.20. The number of nitrogens with zero attached hydrogens (tertiary/aromatic N) is 1. The summed E-state index contributed by atoms with van der Waals surface area (Å²) in [7, 11) is 0. The van der Waals surface area contributed by atoms with Crippen molar-refractivity contribution < 1.29 is 0 Å². The van der Waals surface area contributed by atoms with Crippen LogP contribution in [-0.2, 0) is 0 Å². The molecule has 0 unspecified atom stereocenters. The van der Waals surface area contributed by atoms with Crippen molar-refractivity contribution >= 4 is 23.1 Å². The van der Waals surface area contributed by atoms with E-state index in [2.05, 4.69) is 17.6 Å². The van der Waals surface area contributed by atoms with Crippen LogP contribution in [0.25, 0.3) is 0 Å². The number of benzene rings is 1. The number of nitriles is 1. The molecule has 0 aliphatic carbocycles. The molecule has 0 spiro atoms. The topological polar surface area (TPSA) is 61.8 Å². The van der Waals surface area contributed by atoms with Gasteiger partial charge in [0, 0.05) is 6.54 Å². The number of nitrogen functional groups attached to an aromatic ring is 1. The van der Waals surface area contributed by atoms with Gasteiger partial charge in [-0.1, -0.05) is 18.9 Å². The molecule has 0 aliphatic rings. The Morgan fingerprint density at radius 1 is 1.28 bits per heavy atom. The molecule has 0 amide bonds. The molecule has 98 valence electrons. The number of thioether (sulfide) groups is 1. The molecule has 0 bridgehead atoms. The van der Waals surface area contributed by atoms with E-state index in [1.54, 1.807) is 6.07 Å². The number of unbranched alkanes of at least 4 members (excludes halogenated alkanes) is 3. The lowest BCUT2D eigenvalue weighted by Gasteiger charge is -2.09. The first kappa shape index (κ1) is 14.7. The van der Waals surface area contributed by atoms with Crippen molar-refractivity contribution in [3.63, 3.8) is 0 Å². The third-order valence-electron chi connectivity index (χ3n) is 2.82. The minimum absolute atomic E-state index is 0.542. The molecule has 4 heteroatoms. The fourth-order valence-electron chi connectivity index (χ4n) is 1.76. The van der Waals surface area contributed by atoms with Gasteiger partial charge in [0.1, 0.15) is 6.07 Å². The predicted molar refractivity (Wildman–Crippen MR) is 80.9 cm³/mol. The zero-order valence-corrected chi connectivity index (χ0v) is 11.7. The van der Waals surface area contributed by atoms with Crippen LogP contribution in [0.3, 0.4) is 0 Å².